The van der Waals surface area contributed by atoms with E-state index in [-0.39, 0.29) is 6.04 Å². The highest BCUT2D eigenvalue weighted by molar-refractivity contribution is 5.67. The molecule has 2 atom stereocenters. The number of rotatable bonds is 2. The molecule has 0 aliphatic carbocycles. The van der Waals surface area contributed by atoms with Crippen molar-refractivity contribution in [3.63, 3.8) is 0 Å². The monoisotopic (exact) mass is 362 g/mol. The van der Waals surface area contributed by atoms with Gasteiger partial charge in [-0.15, -0.1) is 0 Å². The molecule has 1 amide bonds. The molecule has 140 valence electrons. The largest absolute Gasteiger partial charge is 0.465 e. The van der Waals surface area contributed by atoms with E-state index in [2.05, 4.69) is 47.4 Å². The standard InChI is InChI=1S/C23H26N2O2/c26-23(27)25-13-10-17-4-1-2-7-20(17)22(25)19-6-3-5-18(15-19)21-14-16-8-11-24(21)12-9-16/h1-7,15-16,21-22H,8-14H2,(H,26,27)/t21?,22-/m0/s1. The van der Waals surface area contributed by atoms with Gasteiger partial charge in [0.05, 0.1) is 6.04 Å². The van der Waals surface area contributed by atoms with Crippen molar-refractivity contribution in [2.75, 3.05) is 19.6 Å². The molecule has 2 aromatic carbocycles. The van der Waals surface area contributed by atoms with Crippen LogP contribution in [0.3, 0.4) is 0 Å². The third-order valence-electron chi connectivity index (χ3n) is 6.79. The van der Waals surface area contributed by atoms with Gasteiger partial charge in [-0.3, -0.25) is 9.80 Å². The van der Waals surface area contributed by atoms with Crippen LogP contribution in [0, 0.1) is 5.92 Å². The van der Waals surface area contributed by atoms with Gasteiger partial charge in [0.25, 0.3) is 0 Å². The second-order valence-electron chi connectivity index (χ2n) is 8.23. The predicted molar refractivity (Wildman–Crippen MR) is 105 cm³/mol. The summed E-state index contributed by atoms with van der Waals surface area (Å²) in [6, 6.07) is 17.3. The Morgan fingerprint density at radius 3 is 2.48 bits per heavy atom. The fraction of sp³-hybridized carbons (Fsp3) is 0.435. The molecule has 1 N–H and O–H groups in total. The zero-order valence-corrected chi connectivity index (χ0v) is 15.6. The molecule has 3 fully saturated rings. The van der Waals surface area contributed by atoms with Crippen molar-refractivity contribution in [2.24, 2.45) is 5.92 Å². The van der Waals surface area contributed by atoms with Crippen molar-refractivity contribution in [3.8, 4) is 0 Å². The maximum atomic E-state index is 12.0. The van der Waals surface area contributed by atoms with E-state index in [4.69, 9.17) is 0 Å². The molecule has 2 aromatic rings. The van der Waals surface area contributed by atoms with Gasteiger partial charge < -0.3 is 5.11 Å². The van der Waals surface area contributed by atoms with Gasteiger partial charge in [0.15, 0.2) is 0 Å². The topological polar surface area (TPSA) is 43.8 Å². The molecule has 2 bridgehead atoms. The molecule has 0 radical (unpaired) electrons. The lowest BCUT2D eigenvalue weighted by molar-refractivity contribution is 0.0489. The minimum Gasteiger partial charge on any atom is -0.465 e. The first kappa shape index (κ1) is 16.8. The van der Waals surface area contributed by atoms with Crippen molar-refractivity contribution < 1.29 is 9.90 Å². The van der Waals surface area contributed by atoms with E-state index in [0.717, 1.165) is 23.5 Å². The maximum Gasteiger partial charge on any atom is 0.408 e. The molecule has 6 rings (SSSR count). The third-order valence-corrected chi connectivity index (χ3v) is 6.79. The normalized spacial score (nSPS) is 29.4. The highest BCUT2D eigenvalue weighted by Gasteiger charge is 2.36. The van der Waals surface area contributed by atoms with Crippen LogP contribution in [-0.2, 0) is 6.42 Å². The fourth-order valence-corrected chi connectivity index (χ4v) is 5.38. The molecule has 0 aromatic heterocycles. The van der Waals surface area contributed by atoms with E-state index in [1.807, 2.05) is 6.07 Å². The van der Waals surface area contributed by atoms with Gasteiger partial charge in [0, 0.05) is 12.6 Å². The first-order valence-corrected chi connectivity index (χ1v) is 10.1. The van der Waals surface area contributed by atoms with Gasteiger partial charge in [0.1, 0.15) is 0 Å². The quantitative estimate of drug-likeness (QED) is 0.857. The van der Waals surface area contributed by atoms with Crippen LogP contribution >= 0.6 is 0 Å². The van der Waals surface area contributed by atoms with Crippen molar-refractivity contribution in [1.29, 1.82) is 0 Å². The lowest BCUT2D eigenvalue weighted by atomic mass is 9.80. The van der Waals surface area contributed by atoms with Crippen molar-refractivity contribution in [3.05, 3.63) is 70.8 Å². The number of hydrogen-bond donors (Lipinski definition) is 1. The van der Waals surface area contributed by atoms with Crippen LogP contribution in [0.15, 0.2) is 48.5 Å². The van der Waals surface area contributed by atoms with E-state index in [0.29, 0.717) is 12.6 Å². The van der Waals surface area contributed by atoms with Crippen LogP contribution in [0.5, 0.6) is 0 Å². The first-order valence-electron chi connectivity index (χ1n) is 10.1. The van der Waals surface area contributed by atoms with Gasteiger partial charge in [-0.05, 0) is 66.9 Å². The number of carbonyl (C=O) groups is 1. The summed E-state index contributed by atoms with van der Waals surface area (Å²) in [6.45, 7) is 2.96. The highest BCUT2D eigenvalue weighted by atomic mass is 16.4. The van der Waals surface area contributed by atoms with Crippen LogP contribution < -0.4 is 0 Å². The molecule has 1 unspecified atom stereocenters. The van der Waals surface area contributed by atoms with E-state index in [9.17, 15) is 9.90 Å². The van der Waals surface area contributed by atoms with Gasteiger partial charge in [-0.2, -0.15) is 0 Å². The summed E-state index contributed by atoms with van der Waals surface area (Å²) in [7, 11) is 0. The lowest BCUT2D eigenvalue weighted by Crippen LogP contribution is -2.43. The van der Waals surface area contributed by atoms with Crippen molar-refractivity contribution >= 4 is 6.09 Å². The van der Waals surface area contributed by atoms with Crippen LogP contribution in [0.4, 0.5) is 4.79 Å². The summed E-state index contributed by atoms with van der Waals surface area (Å²) < 4.78 is 0. The molecule has 4 heteroatoms. The highest BCUT2D eigenvalue weighted by Crippen LogP contribution is 2.42. The van der Waals surface area contributed by atoms with Crippen LogP contribution in [0.2, 0.25) is 0 Å². The number of fused-ring (bicyclic) bond motifs is 4. The Morgan fingerprint density at radius 2 is 1.74 bits per heavy atom. The minimum absolute atomic E-state index is 0.205. The SMILES string of the molecule is O=C(O)N1CCc2ccccc2[C@@H]1c1cccc(C2CC3CCN2CC3)c1. The summed E-state index contributed by atoms with van der Waals surface area (Å²) in [6.07, 6.45) is 3.86. The van der Waals surface area contributed by atoms with Crippen LogP contribution in [0.25, 0.3) is 0 Å². The second kappa shape index (κ2) is 6.68. The minimum atomic E-state index is -0.833. The summed E-state index contributed by atoms with van der Waals surface area (Å²) >= 11 is 0. The van der Waals surface area contributed by atoms with Gasteiger partial charge in [-0.1, -0.05) is 48.5 Å². The first-order chi connectivity index (χ1) is 13.2. The summed E-state index contributed by atoms with van der Waals surface area (Å²) in [4.78, 5) is 16.2. The Labute approximate surface area is 160 Å². The lowest BCUT2D eigenvalue weighted by Gasteiger charge is -2.46. The average Bonchev–Trinajstić information content (AvgIpc) is 2.73. The Hall–Kier alpha value is -2.33. The summed E-state index contributed by atoms with van der Waals surface area (Å²) in [5.41, 5.74) is 4.86. The van der Waals surface area contributed by atoms with Gasteiger partial charge >= 0.3 is 6.09 Å². The van der Waals surface area contributed by atoms with Gasteiger partial charge in [-0.25, -0.2) is 4.79 Å². The summed E-state index contributed by atoms with van der Waals surface area (Å²) in [5.74, 6) is 0.856. The van der Waals surface area contributed by atoms with E-state index >= 15 is 0 Å². The molecular formula is C23H26N2O2. The number of amides is 1. The molecule has 4 heterocycles. The van der Waals surface area contributed by atoms with E-state index < -0.39 is 6.09 Å². The average molecular weight is 362 g/mol. The summed E-state index contributed by atoms with van der Waals surface area (Å²) in [5, 5.41) is 9.82. The number of hydrogen-bond acceptors (Lipinski definition) is 2. The van der Waals surface area contributed by atoms with Gasteiger partial charge in [0.2, 0.25) is 0 Å². The number of nitrogens with zero attached hydrogens (tertiary/aromatic N) is 2. The molecule has 3 saturated heterocycles. The zero-order chi connectivity index (χ0) is 18.4. The molecule has 0 saturated carbocycles. The Bertz CT molecular complexity index is 857. The van der Waals surface area contributed by atoms with Crippen molar-refractivity contribution in [2.45, 2.75) is 37.8 Å². The number of piperidine rings is 3. The van der Waals surface area contributed by atoms with Crippen LogP contribution in [0.1, 0.15) is 53.6 Å². The molecule has 4 aliphatic rings. The maximum absolute atomic E-state index is 12.0. The molecule has 4 nitrogen and oxygen atoms in total. The smallest absolute Gasteiger partial charge is 0.408 e. The number of carboxylic acid groups (broad SMARTS) is 1. The Kier molecular flexibility index (Phi) is 4.16. The molecular weight excluding hydrogens is 336 g/mol. The van der Waals surface area contributed by atoms with Crippen molar-refractivity contribution in [1.82, 2.24) is 9.80 Å². The molecule has 4 aliphatic heterocycles. The van der Waals surface area contributed by atoms with E-state index in [1.165, 1.54) is 43.5 Å². The molecule has 0 spiro atoms. The Morgan fingerprint density at radius 1 is 0.963 bits per heavy atom. The van der Waals surface area contributed by atoms with E-state index in [1.54, 1.807) is 4.90 Å². The zero-order valence-electron chi connectivity index (χ0n) is 15.6. The molecule has 27 heavy (non-hydrogen) atoms. The fourth-order valence-electron chi connectivity index (χ4n) is 5.38. The second-order valence-corrected chi connectivity index (χ2v) is 8.23. The van der Waals surface area contributed by atoms with Crippen LogP contribution in [-0.4, -0.2) is 40.6 Å². The Balaban J connectivity index is 1.54. The predicted octanol–water partition coefficient (Wildman–Crippen LogP) is 4.47. The third kappa shape index (κ3) is 2.92. The number of benzene rings is 2.